The summed E-state index contributed by atoms with van der Waals surface area (Å²) in [6.45, 7) is 2.40. The molecule has 0 bridgehead atoms. The number of nitrogens with two attached hydrogens (primary N) is 1. The molecule has 0 radical (unpaired) electrons. The Morgan fingerprint density at radius 1 is 1.24 bits per heavy atom. The van der Waals surface area contributed by atoms with Gasteiger partial charge in [-0.2, -0.15) is 0 Å². The summed E-state index contributed by atoms with van der Waals surface area (Å²) in [5.41, 5.74) is 6.11. The lowest BCUT2D eigenvalue weighted by molar-refractivity contribution is 0.126. The van der Waals surface area contributed by atoms with Crippen molar-refractivity contribution in [2.45, 2.75) is 38.3 Å². The second kappa shape index (κ2) is 11.0. The van der Waals surface area contributed by atoms with Gasteiger partial charge in [0.2, 0.25) is 0 Å². The molecule has 1 aromatic carbocycles. The van der Waals surface area contributed by atoms with Crippen LogP contribution in [0.15, 0.2) is 36.4 Å². The quantitative estimate of drug-likeness (QED) is 0.296. The molecule has 0 aliphatic carbocycles. The second-order valence-electron chi connectivity index (χ2n) is 6.91. The minimum absolute atomic E-state index is 0.215. The van der Waals surface area contributed by atoms with E-state index in [2.05, 4.69) is 16.4 Å². The molecule has 6 nitrogen and oxygen atoms in total. The molecule has 0 spiro atoms. The van der Waals surface area contributed by atoms with Crippen LogP contribution in [0.2, 0.25) is 0 Å². The molecule has 0 aliphatic heterocycles. The number of benzene rings is 1. The third-order valence-electron chi connectivity index (χ3n) is 3.93. The number of hydrogen-bond acceptors (Lipinski definition) is 5. The van der Waals surface area contributed by atoms with Gasteiger partial charge in [0, 0.05) is 16.8 Å². The van der Waals surface area contributed by atoms with E-state index in [1.165, 1.54) is 12.1 Å². The van der Waals surface area contributed by atoms with Crippen molar-refractivity contribution < 1.29 is 28.0 Å². The first-order chi connectivity index (χ1) is 13.6. The Morgan fingerprint density at radius 3 is 2.66 bits per heavy atom. The minimum atomic E-state index is -4.52. The summed E-state index contributed by atoms with van der Waals surface area (Å²) in [7, 11) is -4.52. The number of aryl methyl sites for hydroxylation is 1. The summed E-state index contributed by atoms with van der Waals surface area (Å²) in [6.07, 6.45) is 1.79. The largest absolute Gasteiger partial charge is 0.469 e. The van der Waals surface area contributed by atoms with Gasteiger partial charge in [-0.25, -0.2) is 8.96 Å². The van der Waals surface area contributed by atoms with E-state index >= 15 is 0 Å². The van der Waals surface area contributed by atoms with Gasteiger partial charge < -0.3 is 20.3 Å². The molecule has 0 saturated heterocycles. The standard InChI is InChI=1S/C20H25FNO5PS/c1-20(22,15-27-28(23,24)25)12-11-19-10-9-18(29-19)4-2-3-13-26-14-16-5-7-17(21)8-6-16/h5-10H,3,11-15,22H2,1H3,(H2,23,24,25). The Hall–Kier alpha value is -1.56. The van der Waals surface area contributed by atoms with E-state index in [9.17, 15) is 8.96 Å². The molecular formula is C20H25FNO5PS. The van der Waals surface area contributed by atoms with Crippen LogP contribution in [-0.2, 0) is 26.9 Å². The normalized spacial score (nSPS) is 13.6. The second-order valence-corrected chi connectivity index (χ2v) is 9.32. The number of phosphoric acid groups is 1. The van der Waals surface area contributed by atoms with Gasteiger partial charge in [-0.1, -0.05) is 24.0 Å². The molecule has 29 heavy (non-hydrogen) atoms. The maximum atomic E-state index is 12.8. The Labute approximate surface area is 174 Å². The molecule has 1 unspecified atom stereocenters. The highest BCUT2D eigenvalue weighted by atomic mass is 32.1. The zero-order valence-corrected chi connectivity index (χ0v) is 17.8. The topological polar surface area (TPSA) is 102 Å². The molecule has 0 fully saturated rings. The van der Waals surface area contributed by atoms with Crippen molar-refractivity contribution in [1.29, 1.82) is 0 Å². The van der Waals surface area contributed by atoms with Gasteiger partial charge in [0.15, 0.2) is 0 Å². The van der Waals surface area contributed by atoms with Crippen LogP contribution < -0.4 is 5.73 Å². The maximum absolute atomic E-state index is 12.8. The van der Waals surface area contributed by atoms with Crippen molar-refractivity contribution in [1.82, 2.24) is 0 Å². The SMILES string of the molecule is CC(N)(CCc1ccc(C#CCCOCc2ccc(F)cc2)s1)COP(=O)(O)O. The fourth-order valence-corrected chi connectivity index (χ4v) is 3.68. The fourth-order valence-electron chi connectivity index (χ4n) is 2.34. The van der Waals surface area contributed by atoms with Gasteiger partial charge >= 0.3 is 7.82 Å². The van der Waals surface area contributed by atoms with E-state index in [0.29, 0.717) is 32.5 Å². The van der Waals surface area contributed by atoms with Gasteiger partial charge in [0.1, 0.15) is 5.82 Å². The van der Waals surface area contributed by atoms with Crippen LogP contribution in [0.3, 0.4) is 0 Å². The molecule has 2 rings (SSSR count). The smallest absolute Gasteiger partial charge is 0.376 e. The highest BCUT2D eigenvalue weighted by Gasteiger charge is 2.24. The minimum Gasteiger partial charge on any atom is -0.376 e. The van der Waals surface area contributed by atoms with E-state index in [-0.39, 0.29) is 12.4 Å². The molecule has 0 amide bonds. The first-order valence-corrected chi connectivity index (χ1v) is 11.4. The van der Waals surface area contributed by atoms with E-state index in [4.69, 9.17) is 20.3 Å². The van der Waals surface area contributed by atoms with Crippen molar-refractivity contribution in [2.75, 3.05) is 13.2 Å². The summed E-state index contributed by atoms with van der Waals surface area (Å²) < 4.78 is 33.6. The monoisotopic (exact) mass is 441 g/mol. The van der Waals surface area contributed by atoms with Crippen molar-refractivity contribution in [3.8, 4) is 11.8 Å². The number of rotatable bonds is 10. The molecule has 1 heterocycles. The van der Waals surface area contributed by atoms with Gasteiger partial charge in [-0.15, -0.1) is 11.3 Å². The zero-order chi connectivity index (χ0) is 21.3. The molecule has 2 aromatic rings. The van der Waals surface area contributed by atoms with E-state index in [1.54, 1.807) is 30.4 Å². The number of ether oxygens (including phenoxy) is 1. The van der Waals surface area contributed by atoms with Crippen LogP contribution in [-0.4, -0.2) is 28.5 Å². The van der Waals surface area contributed by atoms with Crippen LogP contribution >= 0.6 is 19.2 Å². The van der Waals surface area contributed by atoms with Gasteiger partial charge in [0.25, 0.3) is 0 Å². The molecule has 1 atom stereocenters. The van der Waals surface area contributed by atoms with Gasteiger partial charge in [-0.3, -0.25) is 4.52 Å². The highest BCUT2D eigenvalue weighted by Crippen LogP contribution is 2.37. The van der Waals surface area contributed by atoms with Crippen LogP contribution in [0.25, 0.3) is 0 Å². The predicted molar refractivity (Wildman–Crippen MR) is 111 cm³/mol. The molecular weight excluding hydrogens is 416 g/mol. The first kappa shape index (κ1) is 23.7. The Kier molecular flexibility index (Phi) is 9.00. The summed E-state index contributed by atoms with van der Waals surface area (Å²) in [5.74, 6) is 5.89. The fraction of sp³-hybridized carbons (Fsp3) is 0.400. The number of hydrogen-bond donors (Lipinski definition) is 3. The van der Waals surface area contributed by atoms with Crippen molar-refractivity contribution >= 4 is 19.2 Å². The van der Waals surface area contributed by atoms with Crippen molar-refractivity contribution in [3.63, 3.8) is 0 Å². The highest BCUT2D eigenvalue weighted by molar-refractivity contribution is 7.46. The van der Waals surface area contributed by atoms with Crippen LogP contribution in [0, 0.1) is 17.7 Å². The Morgan fingerprint density at radius 2 is 1.97 bits per heavy atom. The third-order valence-corrected chi connectivity index (χ3v) is 5.46. The molecule has 158 valence electrons. The van der Waals surface area contributed by atoms with E-state index < -0.39 is 13.4 Å². The van der Waals surface area contributed by atoms with Crippen LogP contribution in [0.1, 0.15) is 35.1 Å². The average molecular weight is 441 g/mol. The molecule has 9 heteroatoms. The molecule has 0 saturated carbocycles. The summed E-state index contributed by atoms with van der Waals surface area (Å²) in [6, 6.07) is 10.1. The van der Waals surface area contributed by atoms with Gasteiger partial charge in [0.05, 0.1) is 24.7 Å². The van der Waals surface area contributed by atoms with E-state index in [0.717, 1.165) is 15.3 Å². The third kappa shape index (κ3) is 10.2. The number of thiophene rings is 1. The lowest BCUT2D eigenvalue weighted by Gasteiger charge is -2.24. The molecule has 0 aliphatic rings. The lowest BCUT2D eigenvalue weighted by Crippen LogP contribution is -2.41. The predicted octanol–water partition coefficient (Wildman–Crippen LogP) is 3.60. The maximum Gasteiger partial charge on any atom is 0.469 e. The van der Waals surface area contributed by atoms with Crippen LogP contribution in [0.5, 0.6) is 0 Å². The van der Waals surface area contributed by atoms with E-state index in [1.807, 2.05) is 12.1 Å². The van der Waals surface area contributed by atoms with Crippen molar-refractivity contribution in [2.24, 2.45) is 5.73 Å². The number of phosphoric ester groups is 1. The summed E-state index contributed by atoms with van der Waals surface area (Å²) >= 11 is 1.56. The summed E-state index contributed by atoms with van der Waals surface area (Å²) in [5, 5.41) is 0. The molecule has 4 N–H and O–H groups in total. The first-order valence-electron chi connectivity index (χ1n) is 9.02. The average Bonchev–Trinajstić information content (AvgIpc) is 3.10. The summed E-state index contributed by atoms with van der Waals surface area (Å²) in [4.78, 5) is 19.6. The zero-order valence-electron chi connectivity index (χ0n) is 16.1. The lowest BCUT2D eigenvalue weighted by atomic mass is 9.98. The Balaban J connectivity index is 1.69. The van der Waals surface area contributed by atoms with Gasteiger partial charge in [-0.05, 0) is 49.6 Å². The number of halogens is 1. The Bertz CT molecular complexity index is 882. The molecule has 1 aromatic heterocycles. The van der Waals surface area contributed by atoms with Crippen molar-refractivity contribution in [3.05, 3.63) is 57.5 Å². The van der Waals surface area contributed by atoms with Crippen LogP contribution in [0.4, 0.5) is 4.39 Å².